The fourth-order valence-corrected chi connectivity index (χ4v) is 3.13. The zero-order valence-corrected chi connectivity index (χ0v) is 11.5. The van der Waals surface area contributed by atoms with Gasteiger partial charge in [-0.3, -0.25) is 0 Å². The molecule has 1 heterocycles. The summed E-state index contributed by atoms with van der Waals surface area (Å²) in [5, 5.41) is 4.06. The predicted octanol–water partition coefficient (Wildman–Crippen LogP) is 2.23. The fraction of sp³-hybridized carbons (Fsp3) is 0.857. The lowest BCUT2D eigenvalue weighted by Gasteiger charge is -2.16. The lowest BCUT2D eigenvalue weighted by molar-refractivity contribution is 0.0751. The average molecular weight is 265 g/mol. The molecular formula is C14H23N3O2. The van der Waals surface area contributed by atoms with Gasteiger partial charge in [-0.25, -0.2) is 0 Å². The molecule has 2 fully saturated rings. The monoisotopic (exact) mass is 265 g/mol. The van der Waals surface area contributed by atoms with Crippen LogP contribution >= 0.6 is 0 Å². The Morgan fingerprint density at radius 2 is 2.00 bits per heavy atom. The molecule has 1 aromatic rings. The van der Waals surface area contributed by atoms with E-state index in [4.69, 9.17) is 15.0 Å². The molecule has 2 saturated carbocycles. The highest BCUT2D eigenvalue weighted by molar-refractivity contribution is 4.99. The Morgan fingerprint density at radius 3 is 2.63 bits per heavy atom. The highest BCUT2D eigenvalue weighted by atomic mass is 16.5. The van der Waals surface area contributed by atoms with Crippen molar-refractivity contribution in [1.29, 1.82) is 0 Å². The molecule has 0 saturated heterocycles. The minimum atomic E-state index is 0.000190. The standard InChI is InChI=1S/C14H23N3O2/c1-18-13(10-6-7-10)14-16-12(19-17-14)8-11(15)9-4-2-3-5-9/h9-11,13H,2-8,15H2,1H3. The largest absolute Gasteiger partial charge is 0.373 e. The molecule has 1 aromatic heterocycles. The van der Waals surface area contributed by atoms with Crippen LogP contribution in [0, 0.1) is 11.8 Å². The molecule has 2 N–H and O–H groups in total. The van der Waals surface area contributed by atoms with Crippen LogP contribution in [0.1, 0.15) is 56.3 Å². The highest BCUT2D eigenvalue weighted by Crippen LogP contribution is 2.42. The second-order valence-corrected chi connectivity index (χ2v) is 5.95. The normalized spacial score (nSPS) is 23.7. The predicted molar refractivity (Wildman–Crippen MR) is 70.4 cm³/mol. The summed E-state index contributed by atoms with van der Waals surface area (Å²) in [4.78, 5) is 4.47. The zero-order valence-electron chi connectivity index (χ0n) is 11.5. The van der Waals surface area contributed by atoms with Gasteiger partial charge in [-0.1, -0.05) is 18.0 Å². The summed E-state index contributed by atoms with van der Waals surface area (Å²) in [7, 11) is 1.71. The van der Waals surface area contributed by atoms with Crippen LogP contribution in [0.2, 0.25) is 0 Å². The Morgan fingerprint density at radius 1 is 1.26 bits per heavy atom. The minimum Gasteiger partial charge on any atom is -0.373 e. The molecule has 5 nitrogen and oxygen atoms in total. The van der Waals surface area contributed by atoms with Crippen LogP contribution in [0.25, 0.3) is 0 Å². The molecule has 106 valence electrons. The number of nitrogens with zero attached hydrogens (tertiary/aromatic N) is 2. The van der Waals surface area contributed by atoms with Crippen LogP contribution in [-0.2, 0) is 11.2 Å². The number of methoxy groups -OCH3 is 1. The zero-order chi connectivity index (χ0) is 13.2. The first-order valence-electron chi connectivity index (χ1n) is 7.38. The van der Waals surface area contributed by atoms with E-state index in [9.17, 15) is 0 Å². The fourth-order valence-electron chi connectivity index (χ4n) is 3.13. The Balaban J connectivity index is 1.60. The third-order valence-electron chi connectivity index (χ3n) is 4.46. The maximum atomic E-state index is 6.24. The number of rotatable bonds is 6. The van der Waals surface area contributed by atoms with Gasteiger partial charge in [-0.2, -0.15) is 4.98 Å². The van der Waals surface area contributed by atoms with Gasteiger partial charge in [0.2, 0.25) is 11.7 Å². The van der Waals surface area contributed by atoms with Crippen molar-refractivity contribution in [3.63, 3.8) is 0 Å². The molecule has 19 heavy (non-hydrogen) atoms. The Bertz CT molecular complexity index is 411. The van der Waals surface area contributed by atoms with Crippen LogP contribution < -0.4 is 5.73 Å². The van der Waals surface area contributed by atoms with E-state index in [1.807, 2.05) is 0 Å². The molecule has 0 aliphatic heterocycles. The van der Waals surface area contributed by atoms with Crippen LogP contribution in [0.4, 0.5) is 0 Å². The van der Waals surface area contributed by atoms with Crippen molar-refractivity contribution >= 4 is 0 Å². The second-order valence-electron chi connectivity index (χ2n) is 5.95. The van der Waals surface area contributed by atoms with Gasteiger partial charge >= 0.3 is 0 Å². The molecule has 2 aliphatic carbocycles. The van der Waals surface area contributed by atoms with Gasteiger partial charge in [0, 0.05) is 19.6 Å². The van der Waals surface area contributed by atoms with E-state index in [2.05, 4.69) is 10.1 Å². The van der Waals surface area contributed by atoms with E-state index >= 15 is 0 Å². The maximum absolute atomic E-state index is 6.24. The molecule has 5 heteroatoms. The molecule has 2 atom stereocenters. The molecule has 2 unspecified atom stereocenters. The number of aromatic nitrogens is 2. The lowest BCUT2D eigenvalue weighted by Crippen LogP contribution is -2.30. The molecular weight excluding hydrogens is 242 g/mol. The second kappa shape index (κ2) is 5.59. The number of nitrogens with two attached hydrogens (primary N) is 1. The van der Waals surface area contributed by atoms with Crippen molar-refractivity contribution in [1.82, 2.24) is 10.1 Å². The van der Waals surface area contributed by atoms with Crippen LogP contribution in [-0.4, -0.2) is 23.3 Å². The summed E-state index contributed by atoms with van der Waals surface area (Å²) in [6, 6.07) is 0.151. The van der Waals surface area contributed by atoms with Crippen molar-refractivity contribution in [2.24, 2.45) is 17.6 Å². The quantitative estimate of drug-likeness (QED) is 0.853. The highest BCUT2D eigenvalue weighted by Gasteiger charge is 2.35. The van der Waals surface area contributed by atoms with Gasteiger partial charge in [0.05, 0.1) is 0 Å². The SMILES string of the molecule is COC(c1noc(CC(N)C2CCCC2)n1)C1CC1. The molecule has 2 aliphatic rings. The van der Waals surface area contributed by atoms with Crippen molar-refractivity contribution in [2.45, 2.75) is 57.1 Å². The van der Waals surface area contributed by atoms with Crippen molar-refractivity contribution in [2.75, 3.05) is 7.11 Å². The van der Waals surface area contributed by atoms with E-state index < -0.39 is 0 Å². The summed E-state index contributed by atoms with van der Waals surface area (Å²) >= 11 is 0. The van der Waals surface area contributed by atoms with Crippen LogP contribution in [0.15, 0.2) is 4.52 Å². The van der Waals surface area contributed by atoms with E-state index in [-0.39, 0.29) is 12.1 Å². The number of ether oxygens (including phenoxy) is 1. The first-order valence-corrected chi connectivity index (χ1v) is 7.38. The van der Waals surface area contributed by atoms with Gasteiger partial charge in [0.25, 0.3) is 0 Å². The summed E-state index contributed by atoms with van der Waals surface area (Å²) in [6.45, 7) is 0. The lowest BCUT2D eigenvalue weighted by atomic mass is 9.96. The van der Waals surface area contributed by atoms with Gasteiger partial charge in [0.1, 0.15) is 6.10 Å². The van der Waals surface area contributed by atoms with Gasteiger partial charge in [-0.15, -0.1) is 0 Å². The van der Waals surface area contributed by atoms with Gasteiger partial charge in [-0.05, 0) is 37.5 Å². The first-order chi connectivity index (χ1) is 9.28. The number of hydrogen-bond acceptors (Lipinski definition) is 5. The smallest absolute Gasteiger partial charge is 0.228 e. The molecule has 0 amide bonds. The summed E-state index contributed by atoms with van der Waals surface area (Å²) in [5.74, 6) is 2.55. The van der Waals surface area contributed by atoms with Crippen molar-refractivity contribution in [3.05, 3.63) is 11.7 Å². The molecule has 0 spiro atoms. The minimum absolute atomic E-state index is 0.000190. The Hall–Kier alpha value is -0.940. The topological polar surface area (TPSA) is 74.2 Å². The number of hydrogen-bond donors (Lipinski definition) is 1. The summed E-state index contributed by atoms with van der Waals surface area (Å²) < 4.78 is 10.8. The van der Waals surface area contributed by atoms with E-state index in [0.717, 1.165) is 0 Å². The van der Waals surface area contributed by atoms with Crippen LogP contribution in [0.3, 0.4) is 0 Å². The van der Waals surface area contributed by atoms with Crippen molar-refractivity contribution < 1.29 is 9.26 Å². The molecule has 0 aromatic carbocycles. The maximum Gasteiger partial charge on any atom is 0.228 e. The molecule has 0 bridgehead atoms. The van der Waals surface area contributed by atoms with E-state index in [0.29, 0.717) is 30.0 Å². The molecule has 0 radical (unpaired) electrons. The van der Waals surface area contributed by atoms with Gasteiger partial charge in [0.15, 0.2) is 0 Å². The van der Waals surface area contributed by atoms with Crippen LogP contribution in [0.5, 0.6) is 0 Å². The van der Waals surface area contributed by atoms with E-state index in [1.165, 1.54) is 38.5 Å². The van der Waals surface area contributed by atoms with E-state index in [1.54, 1.807) is 7.11 Å². The third-order valence-corrected chi connectivity index (χ3v) is 4.46. The molecule has 3 rings (SSSR count). The Kier molecular flexibility index (Phi) is 3.84. The first kappa shape index (κ1) is 13.1. The van der Waals surface area contributed by atoms with Crippen molar-refractivity contribution in [3.8, 4) is 0 Å². The van der Waals surface area contributed by atoms with Gasteiger partial charge < -0.3 is 15.0 Å². The summed E-state index contributed by atoms with van der Waals surface area (Å²) in [5.41, 5.74) is 6.24. The third kappa shape index (κ3) is 2.98. The average Bonchev–Trinajstić information content (AvgIpc) is 2.93. The Labute approximate surface area is 113 Å². The summed E-state index contributed by atoms with van der Waals surface area (Å²) in [6.07, 6.45) is 8.19.